The number of nitrogen functional groups attached to an aromatic ring is 2. The summed E-state index contributed by atoms with van der Waals surface area (Å²) in [7, 11) is 0. The van der Waals surface area contributed by atoms with Gasteiger partial charge in [-0.25, -0.2) is 14.8 Å². The van der Waals surface area contributed by atoms with E-state index in [-0.39, 0.29) is 11.5 Å². The van der Waals surface area contributed by atoms with Crippen LogP contribution in [0.2, 0.25) is 10.0 Å². The molecule has 0 unspecified atom stereocenters. The summed E-state index contributed by atoms with van der Waals surface area (Å²) in [6.45, 7) is 0.964. The summed E-state index contributed by atoms with van der Waals surface area (Å²) in [6, 6.07) is 37.9. The predicted octanol–water partition coefficient (Wildman–Crippen LogP) is 9.78. The summed E-state index contributed by atoms with van der Waals surface area (Å²) < 4.78 is 0. The maximum absolute atomic E-state index is 12.8. The molecule has 8 N–H and O–H groups in total. The molecular formula is C52H42Cl2N10O3. The van der Waals surface area contributed by atoms with E-state index in [1.807, 2.05) is 103 Å². The average Bonchev–Trinajstić information content (AvgIpc) is 3.33. The van der Waals surface area contributed by atoms with Gasteiger partial charge in [0.2, 0.25) is 0 Å². The number of hydrogen-bond donors (Lipinski definition) is 5. The molecule has 0 fully saturated rings. The molecule has 67 heavy (non-hydrogen) atoms. The smallest absolute Gasteiger partial charge is 0.335 e. The van der Waals surface area contributed by atoms with Gasteiger partial charge in [0, 0.05) is 102 Å². The molecule has 13 nitrogen and oxygen atoms in total. The highest BCUT2D eigenvalue weighted by atomic mass is 35.5. The molecule has 6 heterocycles. The normalized spacial score (nSPS) is 10.9. The summed E-state index contributed by atoms with van der Waals surface area (Å²) in [5.41, 5.74) is 25.4. The maximum Gasteiger partial charge on any atom is 0.335 e. The summed E-state index contributed by atoms with van der Waals surface area (Å²) >= 11 is 12.0. The first-order valence-corrected chi connectivity index (χ1v) is 21.7. The van der Waals surface area contributed by atoms with Crippen LogP contribution in [0, 0.1) is 0 Å². The number of amides is 1. The zero-order valence-electron chi connectivity index (χ0n) is 35.8. The number of benzene rings is 4. The Morgan fingerprint density at radius 3 is 1.51 bits per heavy atom. The molecule has 0 bridgehead atoms. The van der Waals surface area contributed by atoms with Gasteiger partial charge in [0.25, 0.3) is 5.91 Å². The monoisotopic (exact) mass is 924 g/mol. The van der Waals surface area contributed by atoms with Gasteiger partial charge in [-0.1, -0.05) is 59.6 Å². The molecule has 0 radical (unpaired) electrons. The number of aromatic carboxylic acids is 1. The zero-order valence-corrected chi connectivity index (χ0v) is 37.3. The Labute approximate surface area is 394 Å². The Kier molecular flexibility index (Phi) is 14.1. The van der Waals surface area contributed by atoms with Gasteiger partial charge in [-0.3, -0.25) is 24.7 Å². The minimum absolute atomic E-state index is 0.150. The molecule has 0 spiro atoms. The number of nitrogens with one attached hydrogen (secondary N) is 1. The number of aromatic nitrogens is 6. The van der Waals surface area contributed by atoms with Crippen LogP contribution in [0.15, 0.2) is 159 Å². The molecule has 332 valence electrons. The van der Waals surface area contributed by atoms with Gasteiger partial charge < -0.3 is 27.6 Å². The number of carboxylic acid groups (broad SMARTS) is 1. The van der Waals surface area contributed by atoms with E-state index in [4.69, 9.17) is 45.5 Å². The van der Waals surface area contributed by atoms with Crippen LogP contribution < -0.4 is 22.5 Å². The average molecular weight is 926 g/mol. The van der Waals surface area contributed by atoms with Crippen LogP contribution in [-0.4, -0.2) is 46.9 Å². The molecule has 6 aromatic heterocycles. The van der Waals surface area contributed by atoms with E-state index in [0.717, 1.165) is 71.3 Å². The van der Waals surface area contributed by atoms with Gasteiger partial charge >= 0.3 is 5.97 Å². The number of nitrogens with zero attached hydrogens (tertiary/aromatic N) is 6. The van der Waals surface area contributed by atoms with Crippen LogP contribution in [-0.2, 0) is 25.9 Å². The van der Waals surface area contributed by atoms with Gasteiger partial charge in [0.1, 0.15) is 11.6 Å². The van der Waals surface area contributed by atoms with E-state index in [1.54, 1.807) is 43.1 Å². The fraction of sp³-hybridized carbons (Fsp3) is 0.0769. The molecule has 4 aromatic carbocycles. The second-order valence-electron chi connectivity index (χ2n) is 15.5. The van der Waals surface area contributed by atoms with Crippen molar-refractivity contribution in [2.75, 3.05) is 11.5 Å². The lowest BCUT2D eigenvalue weighted by molar-refractivity contribution is 0.0696. The molecular weight excluding hydrogens is 884 g/mol. The highest BCUT2D eigenvalue weighted by Crippen LogP contribution is 2.24. The van der Waals surface area contributed by atoms with E-state index in [9.17, 15) is 9.59 Å². The van der Waals surface area contributed by atoms with Crippen LogP contribution in [0.4, 0.5) is 11.6 Å². The summed E-state index contributed by atoms with van der Waals surface area (Å²) in [4.78, 5) is 49.0. The zero-order chi connectivity index (χ0) is 46.9. The quantitative estimate of drug-likeness (QED) is 0.0913. The first-order valence-electron chi connectivity index (χ1n) is 20.9. The fourth-order valence-electron chi connectivity index (χ4n) is 7.39. The third-order valence-electron chi connectivity index (χ3n) is 10.7. The van der Waals surface area contributed by atoms with Crippen LogP contribution in [0.25, 0.3) is 43.4 Å². The van der Waals surface area contributed by atoms with Crippen molar-refractivity contribution in [1.29, 1.82) is 0 Å². The number of rotatable bonds is 9. The molecule has 0 aliphatic heterocycles. The highest BCUT2D eigenvalue weighted by Gasteiger charge is 2.10. The van der Waals surface area contributed by atoms with Crippen molar-refractivity contribution in [2.45, 2.75) is 25.9 Å². The van der Waals surface area contributed by atoms with Crippen molar-refractivity contribution >= 4 is 90.1 Å². The first kappa shape index (κ1) is 45.5. The summed E-state index contributed by atoms with van der Waals surface area (Å²) in [5, 5.41) is 19.1. The highest BCUT2D eigenvalue weighted by molar-refractivity contribution is 6.31. The lowest BCUT2D eigenvalue weighted by atomic mass is 10.0. The number of halogens is 2. The number of hydrogen-bond acceptors (Lipinski definition) is 11. The summed E-state index contributed by atoms with van der Waals surface area (Å²) in [5.74, 6) is -0.0325. The van der Waals surface area contributed by atoms with Crippen molar-refractivity contribution in [3.63, 3.8) is 0 Å². The Balaban J connectivity index is 0.000000152. The number of nitrogens with two attached hydrogens (primary N) is 3. The predicted molar refractivity (Wildman–Crippen MR) is 266 cm³/mol. The lowest BCUT2D eigenvalue weighted by Gasteiger charge is -2.09. The Morgan fingerprint density at radius 1 is 0.507 bits per heavy atom. The number of fused-ring (bicyclic) bond motifs is 4. The van der Waals surface area contributed by atoms with E-state index in [0.29, 0.717) is 58.9 Å². The van der Waals surface area contributed by atoms with Crippen LogP contribution in [0.3, 0.4) is 0 Å². The van der Waals surface area contributed by atoms with Gasteiger partial charge in [-0.05, 0) is 118 Å². The first-order chi connectivity index (χ1) is 32.5. The van der Waals surface area contributed by atoms with Crippen molar-refractivity contribution < 1.29 is 14.7 Å². The van der Waals surface area contributed by atoms with Gasteiger partial charge in [-0.2, -0.15) is 0 Å². The van der Waals surface area contributed by atoms with Gasteiger partial charge in [-0.15, -0.1) is 0 Å². The van der Waals surface area contributed by atoms with Crippen LogP contribution in [0.1, 0.15) is 54.4 Å². The molecule has 10 rings (SSSR count). The molecule has 0 atom stereocenters. The van der Waals surface area contributed by atoms with Crippen molar-refractivity contribution in [1.82, 2.24) is 35.2 Å². The fourth-order valence-corrected chi connectivity index (χ4v) is 7.73. The number of carbonyl (C=O) groups is 2. The Bertz CT molecular complexity index is 3440. The van der Waals surface area contributed by atoms with Gasteiger partial charge in [0.15, 0.2) is 0 Å². The van der Waals surface area contributed by atoms with E-state index in [1.165, 1.54) is 12.3 Å². The second-order valence-corrected chi connectivity index (χ2v) is 16.4. The van der Waals surface area contributed by atoms with E-state index in [2.05, 4.69) is 35.2 Å². The van der Waals surface area contributed by atoms with E-state index >= 15 is 0 Å². The third kappa shape index (κ3) is 11.6. The minimum Gasteiger partial charge on any atom is -0.478 e. The SMILES string of the molecule is NCc1ccc2c(N)nccc2c1.Nc1nccc2cc(CNC(=O)c3ccnc(Cc4ccc5ncc(Cl)cc5c4)c3)ccc12.O=C(O)c1ccnc(Cc2ccc3ncc(Cl)cc3c2)c1. The molecule has 0 saturated carbocycles. The minimum atomic E-state index is -0.951. The number of pyridine rings is 6. The summed E-state index contributed by atoms with van der Waals surface area (Å²) in [6.07, 6.45) is 11.0. The molecule has 0 aliphatic carbocycles. The topological polar surface area (TPSA) is 222 Å². The molecule has 10 aromatic rings. The lowest BCUT2D eigenvalue weighted by Crippen LogP contribution is -2.23. The van der Waals surface area contributed by atoms with Gasteiger partial charge in [0.05, 0.1) is 26.6 Å². The van der Waals surface area contributed by atoms with Crippen LogP contribution >= 0.6 is 23.2 Å². The van der Waals surface area contributed by atoms with Crippen molar-refractivity contribution in [3.05, 3.63) is 213 Å². The molecule has 0 saturated heterocycles. The second kappa shape index (κ2) is 20.8. The van der Waals surface area contributed by atoms with E-state index < -0.39 is 5.97 Å². The number of carbonyl (C=O) groups excluding carboxylic acids is 1. The maximum atomic E-state index is 12.8. The Morgan fingerprint density at radius 2 is 0.970 bits per heavy atom. The molecule has 15 heteroatoms. The number of anilines is 2. The molecule has 0 aliphatic rings. The Hall–Kier alpha value is -8.10. The standard InChI is InChI=1S/C26H20ClN5O.C16H11ClN2O2.C10H11N3/c27-21-12-20-9-16(2-4-24(20)31-15-21)11-22-13-19(6-7-29-22)26(33)32-14-17-1-3-23-18(10-17)5-8-30-25(23)28;17-13-7-12-5-10(1-2-15(12)19-9-13)6-14-8-11(16(20)21)3-4-18-14;11-6-7-1-2-9-8(5-7)3-4-13-10(9)12/h1-10,12-13,15H,11,14H2,(H2,28,30)(H,32,33);1-5,7-9H,6H2,(H,20,21);1-5H,6,11H2,(H2,12,13). The van der Waals surface area contributed by atoms with Crippen molar-refractivity contribution in [3.8, 4) is 0 Å². The largest absolute Gasteiger partial charge is 0.478 e. The van der Waals surface area contributed by atoms with Crippen molar-refractivity contribution in [2.24, 2.45) is 5.73 Å². The third-order valence-corrected chi connectivity index (χ3v) is 11.2. The molecule has 1 amide bonds. The number of carboxylic acids is 1. The van der Waals surface area contributed by atoms with Crippen LogP contribution in [0.5, 0.6) is 0 Å².